The number of phenolic OH excluding ortho intramolecular Hbond substituents is 3. The lowest BCUT2D eigenvalue weighted by molar-refractivity contribution is 0.397. The molecule has 262 valence electrons. The molecule has 1 aliphatic carbocycles. The van der Waals surface area contributed by atoms with Crippen molar-refractivity contribution in [3.05, 3.63) is 216 Å². The monoisotopic (exact) mass is 709 g/mol. The summed E-state index contributed by atoms with van der Waals surface area (Å²) in [6.07, 6.45) is 0. The second-order valence-corrected chi connectivity index (χ2v) is 14.1. The van der Waals surface area contributed by atoms with Crippen molar-refractivity contribution in [3.63, 3.8) is 0 Å². The van der Waals surface area contributed by atoms with E-state index in [1.54, 1.807) is 0 Å². The maximum Gasteiger partial charge on any atom is 0.186 e. The summed E-state index contributed by atoms with van der Waals surface area (Å²) in [5.41, 5.74) is 7.06. The predicted octanol–water partition coefficient (Wildman–Crippen LogP) is 12.6. The van der Waals surface area contributed by atoms with E-state index < -0.39 is 11.2 Å². The first-order chi connectivity index (χ1) is 27.1. The summed E-state index contributed by atoms with van der Waals surface area (Å²) in [4.78, 5) is 1.83. The molecule has 4 nitrogen and oxygen atoms in total. The average molecular weight is 710 g/mol. The summed E-state index contributed by atoms with van der Waals surface area (Å²) < 4.78 is 0. The molecule has 0 fully saturated rings. The van der Waals surface area contributed by atoms with Crippen molar-refractivity contribution in [2.75, 3.05) is 4.90 Å². The zero-order valence-electron chi connectivity index (χ0n) is 29.8. The van der Waals surface area contributed by atoms with Gasteiger partial charge in [0.05, 0.1) is 5.41 Å². The van der Waals surface area contributed by atoms with Crippen LogP contribution in [0.3, 0.4) is 0 Å². The van der Waals surface area contributed by atoms with Crippen LogP contribution in [0.2, 0.25) is 0 Å². The Labute approximate surface area is 319 Å². The van der Waals surface area contributed by atoms with Gasteiger partial charge in [-0.15, -0.1) is 0 Å². The van der Waals surface area contributed by atoms with Gasteiger partial charge in [0, 0.05) is 22.5 Å². The van der Waals surface area contributed by atoms with E-state index in [4.69, 9.17) is 0 Å². The minimum atomic E-state index is -1.01. The van der Waals surface area contributed by atoms with E-state index in [-0.39, 0.29) is 17.2 Å². The fourth-order valence-electron chi connectivity index (χ4n) is 8.91. The van der Waals surface area contributed by atoms with E-state index in [0.717, 1.165) is 44.2 Å². The number of hydrogen-bond donors (Lipinski definition) is 3. The highest BCUT2D eigenvalue weighted by atomic mass is 16.3. The normalized spacial score (nSPS) is 12.7. The van der Waals surface area contributed by atoms with Crippen LogP contribution >= 0.6 is 0 Å². The topological polar surface area (TPSA) is 63.9 Å². The van der Waals surface area contributed by atoms with E-state index in [2.05, 4.69) is 97.1 Å². The van der Waals surface area contributed by atoms with Gasteiger partial charge in [-0.1, -0.05) is 164 Å². The minimum absolute atomic E-state index is 0.0930. The smallest absolute Gasteiger partial charge is 0.186 e. The summed E-state index contributed by atoms with van der Waals surface area (Å²) in [7, 11) is 0. The fraction of sp³-hybridized carbons (Fsp3) is 0.0196. The molecule has 1 aliphatic rings. The highest BCUT2D eigenvalue weighted by Gasteiger charge is 2.51. The van der Waals surface area contributed by atoms with Crippen LogP contribution in [0.15, 0.2) is 194 Å². The number of rotatable bonds is 6. The molecule has 0 heterocycles. The van der Waals surface area contributed by atoms with Crippen molar-refractivity contribution in [2.24, 2.45) is 0 Å². The average Bonchev–Trinajstić information content (AvgIpc) is 3.57. The first kappa shape index (κ1) is 32.4. The van der Waals surface area contributed by atoms with Gasteiger partial charge in [-0.25, -0.2) is 0 Å². The van der Waals surface area contributed by atoms with Crippen molar-refractivity contribution in [3.8, 4) is 39.5 Å². The first-order valence-electron chi connectivity index (χ1n) is 18.5. The quantitative estimate of drug-likeness (QED) is 0.0914. The molecule has 55 heavy (non-hydrogen) atoms. The van der Waals surface area contributed by atoms with Crippen LogP contribution in [0.1, 0.15) is 22.3 Å². The number of nitrogens with zero attached hydrogens (tertiary/aromatic N) is 1. The van der Waals surface area contributed by atoms with Gasteiger partial charge in [0.1, 0.15) is 11.4 Å². The van der Waals surface area contributed by atoms with Crippen molar-refractivity contribution in [2.45, 2.75) is 5.41 Å². The standard InChI is InChI=1S/C51H35NO3/c53-48-45-42-26-14-15-27-44(42)51(35-17-4-1-5-18-35,36-19-6-2-7-20-36)46(45)49(54)47(50(48)55)52(37-21-8-3-9-22-37)38-30-28-33(29-31-38)43-32-34-16-10-11-23-39(34)40-24-12-13-25-41(40)43/h1-32,53-55H. The number of phenols is 3. The third kappa shape index (κ3) is 4.78. The van der Waals surface area contributed by atoms with Crippen LogP contribution in [0.4, 0.5) is 17.1 Å². The lowest BCUT2D eigenvalue weighted by atomic mass is 9.67. The maximum atomic E-state index is 13.0. The number of benzene rings is 9. The van der Waals surface area contributed by atoms with Gasteiger partial charge >= 0.3 is 0 Å². The third-order valence-electron chi connectivity index (χ3n) is 11.2. The highest BCUT2D eigenvalue weighted by molar-refractivity contribution is 6.13. The molecule has 9 aromatic carbocycles. The van der Waals surface area contributed by atoms with E-state index >= 15 is 0 Å². The molecular weight excluding hydrogens is 675 g/mol. The number of aromatic hydroxyl groups is 3. The van der Waals surface area contributed by atoms with Crippen LogP contribution in [0.5, 0.6) is 17.2 Å². The Hall–Kier alpha value is -7.30. The molecule has 3 N–H and O–H groups in total. The lowest BCUT2D eigenvalue weighted by Crippen LogP contribution is -2.29. The SMILES string of the molecule is Oc1c(O)c(N(c2ccccc2)c2ccc(-c3cc4ccccc4c4ccccc34)cc2)c(O)c2c1-c1ccccc1C2(c1ccccc1)c1ccccc1. The Kier molecular flexibility index (Phi) is 7.46. The molecule has 0 radical (unpaired) electrons. The van der Waals surface area contributed by atoms with Crippen LogP contribution < -0.4 is 4.90 Å². The van der Waals surface area contributed by atoms with Gasteiger partial charge < -0.3 is 20.2 Å². The van der Waals surface area contributed by atoms with E-state index in [1.165, 1.54) is 10.8 Å². The second-order valence-electron chi connectivity index (χ2n) is 14.1. The number of para-hydroxylation sites is 1. The molecule has 0 aromatic heterocycles. The van der Waals surface area contributed by atoms with Crippen LogP contribution in [-0.2, 0) is 5.41 Å². The Balaban J connectivity index is 1.23. The molecule has 0 bridgehead atoms. The molecule has 0 saturated carbocycles. The van der Waals surface area contributed by atoms with Gasteiger partial charge in [-0.05, 0) is 85.3 Å². The summed E-state index contributed by atoms with van der Waals surface area (Å²) in [6.45, 7) is 0. The molecule has 0 amide bonds. The van der Waals surface area contributed by atoms with Gasteiger partial charge in [-0.2, -0.15) is 0 Å². The number of anilines is 3. The summed E-state index contributed by atoms with van der Waals surface area (Å²) in [5.74, 6) is -0.816. The Morgan fingerprint density at radius 1 is 0.400 bits per heavy atom. The van der Waals surface area contributed by atoms with Crippen LogP contribution in [0, 0.1) is 0 Å². The molecule has 9 aromatic rings. The Bertz CT molecular complexity index is 2850. The van der Waals surface area contributed by atoms with Gasteiger partial charge in [0.2, 0.25) is 0 Å². The van der Waals surface area contributed by atoms with E-state index in [0.29, 0.717) is 22.5 Å². The third-order valence-corrected chi connectivity index (χ3v) is 11.2. The van der Waals surface area contributed by atoms with Crippen LogP contribution in [0.25, 0.3) is 43.8 Å². The zero-order valence-corrected chi connectivity index (χ0v) is 29.8. The molecular formula is C51H35NO3. The maximum absolute atomic E-state index is 13.0. The second kappa shape index (κ2) is 12.7. The number of hydrogen-bond acceptors (Lipinski definition) is 4. The minimum Gasteiger partial charge on any atom is -0.505 e. The Morgan fingerprint density at radius 2 is 0.927 bits per heavy atom. The summed E-state index contributed by atoms with van der Waals surface area (Å²) >= 11 is 0. The molecule has 0 spiro atoms. The summed E-state index contributed by atoms with van der Waals surface area (Å²) in [6, 6.07) is 65.1. The van der Waals surface area contributed by atoms with E-state index in [9.17, 15) is 15.3 Å². The lowest BCUT2D eigenvalue weighted by Gasteiger charge is -2.36. The highest BCUT2D eigenvalue weighted by Crippen LogP contribution is 2.66. The molecule has 0 aliphatic heterocycles. The molecule has 10 rings (SSSR count). The van der Waals surface area contributed by atoms with Crippen molar-refractivity contribution >= 4 is 38.6 Å². The Morgan fingerprint density at radius 3 is 1.60 bits per heavy atom. The molecule has 0 atom stereocenters. The zero-order chi connectivity index (χ0) is 37.1. The van der Waals surface area contributed by atoms with Crippen molar-refractivity contribution in [1.29, 1.82) is 0 Å². The molecule has 0 unspecified atom stereocenters. The number of fused-ring (bicyclic) bond motifs is 6. The molecule has 0 saturated heterocycles. The van der Waals surface area contributed by atoms with Gasteiger partial charge in [-0.3, -0.25) is 0 Å². The van der Waals surface area contributed by atoms with Gasteiger partial charge in [0.15, 0.2) is 11.5 Å². The largest absolute Gasteiger partial charge is 0.505 e. The van der Waals surface area contributed by atoms with Crippen LogP contribution in [-0.4, -0.2) is 15.3 Å². The first-order valence-corrected chi connectivity index (χ1v) is 18.5. The predicted molar refractivity (Wildman–Crippen MR) is 224 cm³/mol. The molecule has 4 heteroatoms. The summed E-state index contributed by atoms with van der Waals surface area (Å²) in [5, 5.41) is 42.1. The van der Waals surface area contributed by atoms with E-state index in [1.807, 2.05) is 102 Å². The van der Waals surface area contributed by atoms with Crippen molar-refractivity contribution in [1.82, 2.24) is 0 Å². The van der Waals surface area contributed by atoms with Gasteiger partial charge in [0.25, 0.3) is 0 Å². The van der Waals surface area contributed by atoms with Crippen molar-refractivity contribution < 1.29 is 15.3 Å². The fourth-order valence-corrected chi connectivity index (χ4v) is 8.91.